The van der Waals surface area contributed by atoms with Crippen LogP contribution in [-0.4, -0.2) is 48.2 Å². The molecule has 6 aromatic heterocycles. The molecule has 10 nitrogen and oxygen atoms in total. The smallest absolute Gasteiger partial charge is 0.164 e. The molecule has 0 amide bonds. The second-order valence-electron chi connectivity index (χ2n) is 30.2. The van der Waals surface area contributed by atoms with Gasteiger partial charge in [0.05, 0.1) is 44.1 Å². The molecule has 118 heavy (non-hydrogen) atoms. The van der Waals surface area contributed by atoms with Crippen molar-refractivity contribution < 1.29 is 0 Å². The van der Waals surface area contributed by atoms with Gasteiger partial charge >= 0.3 is 0 Å². The Morgan fingerprint density at radius 1 is 0.119 bits per heavy atom. The summed E-state index contributed by atoms with van der Waals surface area (Å²) in [6.45, 7) is 0. The highest BCUT2D eigenvalue weighted by atomic mass is 15.1. The fourth-order valence-electron chi connectivity index (χ4n) is 17.6. The van der Waals surface area contributed by atoms with E-state index in [1.165, 1.54) is 48.7 Å². The zero-order chi connectivity index (χ0) is 77.7. The fraction of sp³-hybridized carbons (Fsp3) is 0. The summed E-state index contributed by atoms with van der Waals surface area (Å²) in [6, 6.07) is 147. The van der Waals surface area contributed by atoms with Crippen LogP contribution in [0.3, 0.4) is 0 Å². The quantitative estimate of drug-likeness (QED) is 0.108. The number of rotatable bonds is 14. The van der Waals surface area contributed by atoms with Crippen molar-refractivity contribution in [1.29, 1.82) is 0 Å². The fourth-order valence-corrected chi connectivity index (χ4v) is 17.6. The predicted octanol–water partition coefficient (Wildman–Crippen LogP) is 27.1. The lowest BCUT2D eigenvalue weighted by molar-refractivity contribution is 1.07. The van der Waals surface area contributed by atoms with Crippen molar-refractivity contribution in [1.82, 2.24) is 48.2 Å². The molecule has 550 valence electrons. The minimum Gasteiger partial charge on any atom is -0.309 e. The molecule has 17 aromatic carbocycles. The van der Waals surface area contributed by atoms with Crippen LogP contribution in [0, 0.1) is 0 Å². The van der Waals surface area contributed by atoms with E-state index in [2.05, 4.69) is 431 Å². The van der Waals surface area contributed by atoms with Crippen LogP contribution >= 0.6 is 0 Å². The van der Waals surface area contributed by atoms with Gasteiger partial charge in [-0.05, 0) is 208 Å². The summed E-state index contributed by atoms with van der Waals surface area (Å²) in [5.74, 6) is 3.43. The van der Waals surface area contributed by atoms with Crippen molar-refractivity contribution in [2.75, 3.05) is 0 Å². The summed E-state index contributed by atoms with van der Waals surface area (Å²) in [7, 11) is 0. The van der Waals surface area contributed by atoms with E-state index in [1.54, 1.807) is 0 Å². The van der Waals surface area contributed by atoms with Crippen LogP contribution in [0.4, 0.5) is 0 Å². The third kappa shape index (κ3) is 11.6. The van der Waals surface area contributed by atoms with Crippen molar-refractivity contribution in [3.63, 3.8) is 0 Å². The van der Waals surface area contributed by atoms with Crippen molar-refractivity contribution in [2.45, 2.75) is 0 Å². The summed E-state index contributed by atoms with van der Waals surface area (Å²) in [5, 5.41) is 9.70. The lowest BCUT2D eigenvalue weighted by atomic mass is 9.92. The maximum absolute atomic E-state index is 5.34. The molecule has 23 aromatic rings. The molecule has 10 heteroatoms. The first-order valence-corrected chi connectivity index (χ1v) is 39.9. The Labute approximate surface area is 679 Å². The lowest BCUT2D eigenvalue weighted by Crippen LogP contribution is -2.01. The molecule has 0 aliphatic rings. The van der Waals surface area contributed by atoms with Gasteiger partial charge in [-0.3, -0.25) is 0 Å². The number of hydrogen-bond acceptors (Lipinski definition) is 6. The van der Waals surface area contributed by atoms with E-state index in [4.69, 9.17) is 29.9 Å². The molecular weight excluding hydrogens is 1440 g/mol. The molecule has 0 aliphatic carbocycles. The number of benzene rings is 17. The van der Waals surface area contributed by atoms with Crippen LogP contribution < -0.4 is 0 Å². The summed E-state index contributed by atoms with van der Waals surface area (Å²) < 4.78 is 9.34. The van der Waals surface area contributed by atoms with Gasteiger partial charge in [-0.1, -0.05) is 249 Å². The highest BCUT2D eigenvalue weighted by Crippen LogP contribution is 2.42. The Hall–Kier alpha value is -16.0. The topological polar surface area (TPSA) is 97.1 Å². The molecule has 0 saturated carbocycles. The van der Waals surface area contributed by atoms with Gasteiger partial charge in [-0.15, -0.1) is 0 Å². The second kappa shape index (κ2) is 28.0. The number of fused-ring (bicyclic) bond motifs is 12. The molecule has 0 spiro atoms. The van der Waals surface area contributed by atoms with E-state index >= 15 is 0 Å². The monoisotopic (exact) mass is 1500 g/mol. The van der Waals surface area contributed by atoms with Crippen LogP contribution in [0.25, 0.3) is 223 Å². The standard InChI is InChI=1S/C108H68N10/c1-2-20-69(21-3-1)70-38-40-71(41-39-70)80-66-81(72-42-46-74(47-43-72)103-109-105(76-50-58-83(59-51-76)115-95-30-12-4-22-87(95)88-23-5-13-31-96(88)115)113-106(110-103)77-52-60-84(61-53-77)116-97-32-14-6-24-89(97)90-25-7-15-33-98(90)116)68-82(67-80)73-44-48-75(49-45-73)104-111-107(78-54-62-85(63-55-78)117-99-34-16-8-26-91(99)92-27-9-17-35-100(92)117)114-108(112-104)79-56-64-86(65-57-79)118-101-36-18-10-28-93(101)94-29-11-19-37-102(94)118/h1-68H. The van der Waals surface area contributed by atoms with Gasteiger partial charge in [0.25, 0.3) is 0 Å². The van der Waals surface area contributed by atoms with Gasteiger partial charge in [0, 0.05) is 99.2 Å². The maximum Gasteiger partial charge on any atom is 0.164 e. The van der Waals surface area contributed by atoms with Gasteiger partial charge < -0.3 is 18.3 Å². The zero-order valence-corrected chi connectivity index (χ0v) is 63.7. The Balaban J connectivity index is 0.615. The third-order valence-corrected chi connectivity index (χ3v) is 23.3. The van der Waals surface area contributed by atoms with Crippen LogP contribution in [-0.2, 0) is 0 Å². The van der Waals surface area contributed by atoms with Crippen LogP contribution in [0.2, 0.25) is 0 Å². The molecule has 0 aliphatic heterocycles. The van der Waals surface area contributed by atoms with E-state index in [0.29, 0.717) is 34.9 Å². The molecule has 0 N–H and O–H groups in total. The lowest BCUT2D eigenvalue weighted by Gasteiger charge is -2.14. The van der Waals surface area contributed by atoms with Crippen molar-refractivity contribution in [3.8, 4) is 136 Å². The average Bonchev–Trinajstić information content (AvgIpc) is 1.61. The van der Waals surface area contributed by atoms with E-state index in [-0.39, 0.29) is 0 Å². The van der Waals surface area contributed by atoms with Crippen LogP contribution in [0.1, 0.15) is 0 Å². The maximum atomic E-state index is 5.34. The minimum absolute atomic E-state index is 0.566. The van der Waals surface area contributed by atoms with E-state index in [0.717, 1.165) is 139 Å². The van der Waals surface area contributed by atoms with Gasteiger partial charge in [-0.25, -0.2) is 29.9 Å². The first kappa shape index (κ1) is 67.6. The Bertz CT molecular complexity index is 6870. The summed E-state index contributed by atoms with van der Waals surface area (Å²) in [5.41, 5.74) is 27.3. The van der Waals surface area contributed by atoms with Crippen LogP contribution in [0.5, 0.6) is 0 Å². The second-order valence-corrected chi connectivity index (χ2v) is 30.2. The zero-order valence-electron chi connectivity index (χ0n) is 63.7. The van der Waals surface area contributed by atoms with Gasteiger partial charge in [0.1, 0.15) is 0 Å². The molecule has 6 heterocycles. The van der Waals surface area contributed by atoms with E-state index < -0.39 is 0 Å². The molecule has 0 fully saturated rings. The Morgan fingerprint density at radius 2 is 0.263 bits per heavy atom. The summed E-state index contributed by atoms with van der Waals surface area (Å²) >= 11 is 0. The molecule has 0 radical (unpaired) electrons. The van der Waals surface area contributed by atoms with E-state index in [9.17, 15) is 0 Å². The summed E-state index contributed by atoms with van der Waals surface area (Å²) in [6.07, 6.45) is 0. The third-order valence-electron chi connectivity index (χ3n) is 23.3. The van der Waals surface area contributed by atoms with Gasteiger partial charge in [0.15, 0.2) is 34.9 Å². The number of para-hydroxylation sites is 8. The van der Waals surface area contributed by atoms with E-state index in [1.807, 2.05) is 0 Å². The Morgan fingerprint density at radius 3 is 0.458 bits per heavy atom. The predicted molar refractivity (Wildman–Crippen MR) is 485 cm³/mol. The highest BCUT2D eigenvalue weighted by Gasteiger charge is 2.22. The van der Waals surface area contributed by atoms with Gasteiger partial charge in [0.2, 0.25) is 0 Å². The number of aromatic nitrogens is 10. The first-order valence-electron chi connectivity index (χ1n) is 39.9. The molecular formula is C108H68N10. The highest BCUT2D eigenvalue weighted by molar-refractivity contribution is 6.12. The SMILES string of the molecule is c1ccc(-c2ccc(-c3cc(-c4ccc(-c5nc(-c6ccc(-n7c8ccccc8c8ccccc87)cc6)nc(-c6ccc(-n7c8ccccc8c8ccccc87)cc6)n5)cc4)cc(-c4ccc(-c5nc(-c6ccc(-n7c8ccccc8c8ccccc87)cc6)nc(-c6ccc(-n7c8ccccc8c8ccccc87)cc6)n5)cc4)c3)cc2)cc1. The van der Waals surface area contributed by atoms with Crippen molar-refractivity contribution in [2.24, 2.45) is 0 Å². The normalized spacial score (nSPS) is 11.7. The van der Waals surface area contributed by atoms with Gasteiger partial charge in [-0.2, -0.15) is 0 Å². The minimum atomic E-state index is 0.566. The summed E-state index contributed by atoms with van der Waals surface area (Å²) in [4.78, 5) is 32.0. The first-order chi connectivity index (χ1) is 58.5. The molecule has 23 rings (SSSR count). The van der Waals surface area contributed by atoms with Crippen LogP contribution in [0.15, 0.2) is 413 Å². The largest absolute Gasteiger partial charge is 0.309 e. The van der Waals surface area contributed by atoms with Crippen molar-refractivity contribution >= 4 is 87.2 Å². The molecule has 0 unspecified atom stereocenters. The van der Waals surface area contributed by atoms with Crippen molar-refractivity contribution in [3.05, 3.63) is 413 Å². The number of hydrogen-bond donors (Lipinski definition) is 0. The average molecular weight is 1510 g/mol. The Kier molecular flexibility index (Phi) is 16.0. The molecule has 0 bridgehead atoms. The molecule has 0 saturated heterocycles. The molecule has 0 atom stereocenters. The number of nitrogens with zero attached hydrogens (tertiary/aromatic N) is 10.